The molecule has 1 unspecified atom stereocenters. The Morgan fingerprint density at radius 2 is 1.80 bits per heavy atom. The minimum atomic E-state index is -1.88. The van der Waals surface area contributed by atoms with Crippen molar-refractivity contribution in [3.63, 3.8) is 0 Å². The lowest BCUT2D eigenvalue weighted by Crippen LogP contribution is -2.14. The molecule has 0 N–H and O–H groups in total. The first-order chi connectivity index (χ1) is 6.91. The predicted molar refractivity (Wildman–Crippen MR) is 61.1 cm³/mol. The zero-order chi connectivity index (χ0) is 11.8. The van der Waals surface area contributed by atoms with Crippen molar-refractivity contribution in [3.05, 3.63) is 0 Å². The van der Waals surface area contributed by atoms with E-state index in [2.05, 4.69) is 0 Å². The van der Waals surface area contributed by atoms with Crippen LogP contribution in [0.2, 0.25) is 0 Å². The fraction of sp³-hybridized carbons (Fsp3) is 0.900. The van der Waals surface area contributed by atoms with Crippen LogP contribution in [0, 0.1) is 0 Å². The number of carbonyl (C=O) groups excluding carboxylic acids is 1. The molecule has 0 fully saturated rings. The van der Waals surface area contributed by atoms with Crippen LogP contribution in [0.5, 0.6) is 0 Å². The lowest BCUT2D eigenvalue weighted by atomic mass is 10.5. The Hall–Kier alpha value is -0.340. The summed E-state index contributed by atoms with van der Waals surface area (Å²) in [7, 11) is -1.88. The summed E-state index contributed by atoms with van der Waals surface area (Å²) in [5.74, 6) is -0.376. The van der Waals surface area contributed by atoms with Crippen LogP contribution < -0.4 is 0 Å². The van der Waals surface area contributed by atoms with Gasteiger partial charge in [-0.2, -0.15) is 0 Å². The molecule has 1 atom stereocenters. The fourth-order valence-electron chi connectivity index (χ4n) is 0.962. The van der Waals surface area contributed by atoms with E-state index in [1.165, 1.54) is 0 Å². The monoisotopic (exact) mass is 236 g/mol. The van der Waals surface area contributed by atoms with Crippen LogP contribution in [0.1, 0.15) is 27.7 Å². The molecule has 0 saturated heterocycles. The number of esters is 1. The average molecular weight is 236 g/mol. The van der Waals surface area contributed by atoms with E-state index in [0.717, 1.165) is 0 Å². The largest absolute Gasteiger partial charge is 0.463 e. The lowest BCUT2D eigenvalue weighted by molar-refractivity contribution is -0.144. The Morgan fingerprint density at radius 3 is 2.27 bits per heavy atom. The normalized spacial score (nSPS) is 13.2. The van der Waals surface area contributed by atoms with E-state index in [1.807, 2.05) is 13.8 Å². The molecule has 0 aliphatic rings. The van der Waals surface area contributed by atoms with Crippen molar-refractivity contribution >= 4 is 13.8 Å². The molecule has 0 aliphatic heterocycles. The molecular weight excluding hydrogens is 215 g/mol. The van der Waals surface area contributed by atoms with Crippen LogP contribution in [0.3, 0.4) is 0 Å². The van der Waals surface area contributed by atoms with Crippen molar-refractivity contribution in [2.45, 2.75) is 39.9 Å². The molecule has 0 aliphatic carbocycles. The van der Waals surface area contributed by atoms with Gasteiger partial charge >= 0.3 is 5.97 Å². The molecule has 0 saturated carbocycles. The van der Waals surface area contributed by atoms with Crippen molar-refractivity contribution < 1.29 is 18.8 Å². The first-order valence-electron chi connectivity index (χ1n) is 5.24. The van der Waals surface area contributed by atoms with Gasteiger partial charge in [-0.25, -0.2) is 0 Å². The van der Waals surface area contributed by atoms with Gasteiger partial charge in [-0.3, -0.25) is 4.79 Å². The first kappa shape index (κ1) is 14.7. The molecule has 5 heteroatoms. The fourth-order valence-corrected chi connectivity index (χ4v) is 1.89. The highest BCUT2D eigenvalue weighted by Gasteiger charge is 2.10. The standard InChI is InChI=1S/C10H21O4P/c1-8(2)13-5-6-15(12)7-10(11)14-9(3)4/h8-9,15H,5-7H2,1-4H3. The highest BCUT2D eigenvalue weighted by molar-refractivity contribution is 7.45. The van der Waals surface area contributed by atoms with Gasteiger partial charge in [0, 0.05) is 6.16 Å². The molecule has 0 bridgehead atoms. The third-order valence-corrected chi connectivity index (χ3v) is 2.99. The average Bonchev–Trinajstić information content (AvgIpc) is 2.00. The van der Waals surface area contributed by atoms with Crippen molar-refractivity contribution in [1.82, 2.24) is 0 Å². The molecule has 0 heterocycles. The molecule has 4 nitrogen and oxygen atoms in total. The third-order valence-electron chi connectivity index (χ3n) is 1.54. The Labute approximate surface area is 92.1 Å². The van der Waals surface area contributed by atoms with E-state index < -0.39 is 7.80 Å². The number of hydrogen-bond donors (Lipinski definition) is 0. The highest BCUT2D eigenvalue weighted by Crippen LogP contribution is 2.20. The molecule has 0 rings (SSSR count). The molecule has 15 heavy (non-hydrogen) atoms. The summed E-state index contributed by atoms with van der Waals surface area (Å²) in [6.45, 7) is 7.84. The van der Waals surface area contributed by atoms with Gasteiger partial charge in [-0.1, -0.05) is 0 Å². The smallest absolute Gasteiger partial charge is 0.313 e. The predicted octanol–water partition coefficient (Wildman–Crippen LogP) is 1.92. The first-order valence-corrected chi connectivity index (χ1v) is 7.06. The molecule has 0 spiro atoms. The number of ether oxygens (including phenoxy) is 2. The molecule has 90 valence electrons. The summed E-state index contributed by atoms with van der Waals surface area (Å²) in [6.07, 6.45) is 0.488. The van der Waals surface area contributed by atoms with E-state index in [1.54, 1.807) is 13.8 Å². The van der Waals surface area contributed by atoms with Crippen LogP contribution in [-0.4, -0.2) is 37.1 Å². The van der Waals surface area contributed by atoms with E-state index in [9.17, 15) is 9.36 Å². The maximum absolute atomic E-state index is 11.4. The quantitative estimate of drug-likeness (QED) is 0.500. The summed E-state index contributed by atoms with van der Waals surface area (Å²) in [5.41, 5.74) is 0. The summed E-state index contributed by atoms with van der Waals surface area (Å²) >= 11 is 0. The minimum absolute atomic E-state index is 0.0320. The van der Waals surface area contributed by atoms with Gasteiger partial charge in [0.15, 0.2) is 0 Å². The highest BCUT2D eigenvalue weighted by atomic mass is 31.1. The van der Waals surface area contributed by atoms with E-state index in [4.69, 9.17) is 9.47 Å². The van der Waals surface area contributed by atoms with Gasteiger partial charge in [0.25, 0.3) is 0 Å². The maximum Gasteiger partial charge on any atom is 0.313 e. The third kappa shape index (κ3) is 9.95. The van der Waals surface area contributed by atoms with Gasteiger partial charge in [0.1, 0.15) is 0 Å². The summed E-state index contributed by atoms with van der Waals surface area (Å²) in [6, 6.07) is 0. The molecule has 0 aromatic rings. The molecule has 0 aromatic heterocycles. The second-order valence-electron chi connectivity index (χ2n) is 3.92. The Balaban J connectivity index is 3.60. The summed E-state index contributed by atoms with van der Waals surface area (Å²) < 4.78 is 21.6. The van der Waals surface area contributed by atoms with Crippen LogP contribution in [0.25, 0.3) is 0 Å². The maximum atomic E-state index is 11.4. The zero-order valence-electron chi connectivity index (χ0n) is 9.91. The van der Waals surface area contributed by atoms with Crippen molar-refractivity contribution in [1.29, 1.82) is 0 Å². The van der Waals surface area contributed by atoms with Crippen molar-refractivity contribution in [2.75, 3.05) is 18.9 Å². The van der Waals surface area contributed by atoms with Gasteiger partial charge < -0.3 is 14.0 Å². The lowest BCUT2D eigenvalue weighted by Gasteiger charge is -2.09. The minimum Gasteiger partial charge on any atom is -0.463 e. The number of rotatable bonds is 7. The topological polar surface area (TPSA) is 52.6 Å². The zero-order valence-corrected chi connectivity index (χ0v) is 10.9. The second-order valence-corrected chi connectivity index (χ2v) is 5.85. The van der Waals surface area contributed by atoms with Gasteiger partial charge in [0.05, 0.1) is 32.8 Å². The van der Waals surface area contributed by atoms with Gasteiger partial charge in [0.2, 0.25) is 0 Å². The van der Waals surface area contributed by atoms with Gasteiger partial charge in [-0.05, 0) is 27.7 Å². The van der Waals surface area contributed by atoms with E-state index in [-0.39, 0.29) is 24.3 Å². The molecule has 0 amide bonds. The van der Waals surface area contributed by atoms with E-state index in [0.29, 0.717) is 12.8 Å². The van der Waals surface area contributed by atoms with Crippen LogP contribution in [0.15, 0.2) is 0 Å². The van der Waals surface area contributed by atoms with Crippen molar-refractivity contribution in [2.24, 2.45) is 0 Å². The van der Waals surface area contributed by atoms with Crippen LogP contribution in [0.4, 0.5) is 0 Å². The summed E-state index contributed by atoms with van der Waals surface area (Å²) in [4.78, 5) is 11.1. The van der Waals surface area contributed by atoms with Crippen LogP contribution >= 0.6 is 7.80 Å². The number of carbonyl (C=O) groups is 1. The molecule has 0 radical (unpaired) electrons. The number of hydrogen-bond acceptors (Lipinski definition) is 4. The Bertz CT molecular complexity index is 213. The Morgan fingerprint density at radius 1 is 1.20 bits per heavy atom. The van der Waals surface area contributed by atoms with Gasteiger partial charge in [-0.15, -0.1) is 0 Å². The summed E-state index contributed by atoms with van der Waals surface area (Å²) in [5, 5.41) is 0. The molecule has 0 aromatic carbocycles. The van der Waals surface area contributed by atoms with Crippen molar-refractivity contribution in [3.8, 4) is 0 Å². The van der Waals surface area contributed by atoms with E-state index >= 15 is 0 Å². The SMILES string of the molecule is CC(C)OCC[PH](=O)CC(=O)OC(C)C. The molecular formula is C10H21O4P. The van der Waals surface area contributed by atoms with Crippen LogP contribution in [-0.2, 0) is 18.8 Å². The second kappa shape index (κ2) is 7.89. The Kier molecular flexibility index (Phi) is 7.71.